The average molecular weight is 356 g/mol. The molecule has 1 aliphatic rings. The van der Waals surface area contributed by atoms with E-state index in [2.05, 4.69) is 38.7 Å². The number of nitrogens with zero attached hydrogens (tertiary/aromatic N) is 5. The Hall–Kier alpha value is -3.28. The molecule has 3 aromatic heterocycles. The number of pyridine rings is 1. The number of hydrogen-bond donors (Lipinski definition) is 1. The number of nitrogens with one attached hydrogen (secondary N) is 1. The molecule has 1 fully saturated rings. The van der Waals surface area contributed by atoms with E-state index in [9.17, 15) is 0 Å². The molecule has 1 aromatic carbocycles. The minimum absolute atomic E-state index is 0.670. The Morgan fingerprint density at radius 1 is 1.04 bits per heavy atom. The second kappa shape index (κ2) is 6.79. The summed E-state index contributed by atoms with van der Waals surface area (Å²) in [6.07, 6.45) is 6.17. The second-order valence-electron chi connectivity index (χ2n) is 7.02. The van der Waals surface area contributed by atoms with Crippen molar-refractivity contribution in [1.29, 1.82) is 0 Å². The maximum atomic E-state index is 4.81. The van der Waals surface area contributed by atoms with E-state index in [-0.39, 0.29) is 0 Å². The van der Waals surface area contributed by atoms with Crippen LogP contribution in [0.15, 0.2) is 60.9 Å². The molecule has 0 bridgehead atoms. The number of fused-ring (bicyclic) bond motifs is 1. The van der Waals surface area contributed by atoms with Gasteiger partial charge in [-0.1, -0.05) is 30.3 Å². The van der Waals surface area contributed by atoms with Crippen molar-refractivity contribution in [3.63, 3.8) is 0 Å². The summed E-state index contributed by atoms with van der Waals surface area (Å²) in [6.45, 7) is 1.63. The molecular weight excluding hydrogens is 336 g/mol. The minimum atomic E-state index is 0.670. The summed E-state index contributed by atoms with van der Waals surface area (Å²) in [6, 6.07) is 16.3. The van der Waals surface area contributed by atoms with Gasteiger partial charge in [0, 0.05) is 24.5 Å². The van der Waals surface area contributed by atoms with Crippen molar-refractivity contribution < 1.29 is 0 Å². The van der Waals surface area contributed by atoms with Crippen molar-refractivity contribution >= 4 is 16.9 Å². The van der Waals surface area contributed by atoms with Gasteiger partial charge in [-0.2, -0.15) is 5.10 Å². The monoisotopic (exact) mass is 356 g/mol. The van der Waals surface area contributed by atoms with Gasteiger partial charge in [-0.05, 0) is 42.5 Å². The van der Waals surface area contributed by atoms with Crippen LogP contribution in [0.25, 0.3) is 22.3 Å². The first-order valence-electron chi connectivity index (χ1n) is 9.29. The molecule has 0 aliphatic heterocycles. The van der Waals surface area contributed by atoms with E-state index in [1.54, 1.807) is 6.20 Å². The standard InChI is InChI=1S/C21H20N6/c1-2-5-16(6-3-1)14-27-21-18(20(26-27)23-12-15-8-9-15)11-19(24-25-21)17-7-4-10-22-13-17/h1-7,10-11,13,15H,8-9,12,14H2,(H,23,26). The maximum absolute atomic E-state index is 4.81. The smallest absolute Gasteiger partial charge is 0.182 e. The summed E-state index contributed by atoms with van der Waals surface area (Å²) >= 11 is 0. The van der Waals surface area contributed by atoms with Crippen LogP contribution in [0, 0.1) is 5.92 Å². The Kier molecular flexibility index (Phi) is 4.01. The Morgan fingerprint density at radius 3 is 2.70 bits per heavy atom. The van der Waals surface area contributed by atoms with Gasteiger partial charge in [-0.15, -0.1) is 10.2 Å². The highest BCUT2D eigenvalue weighted by Crippen LogP contribution is 2.31. The van der Waals surface area contributed by atoms with Crippen molar-refractivity contribution in [3.8, 4) is 11.3 Å². The Labute approximate surface area is 157 Å². The molecule has 1 saturated carbocycles. The third kappa shape index (κ3) is 3.38. The summed E-state index contributed by atoms with van der Waals surface area (Å²) in [5, 5.41) is 18.2. The zero-order valence-electron chi connectivity index (χ0n) is 14.9. The summed E-state index contributed by atoms with van der Waals surface area (Å²) in [4.78, 5) is 4.19. The number of anilines is 1. The highest BCUT2D eigenvalue weighted by Gasteiger charge is 2.22. The fourth-order valence-corrected chi connectivity index (χ4v) is 3.19. The number of aromatic nitrogens is 5. The zero-order valence-corrected chi connectivity index (χ0v) is 14.9. The van der Waals surface area contributed by atoms with Crippen LogP contribution in [0.1, 0.15) is 18.4 Å². The van der Waals surface area contributed by atoms with Crippen LogP contribution in [-0.2, 0) is 6.54 Å². The van der Waals surface area contributed by atoms with Crippen molar-refractivity contribution in [2.75, 3.05) is 11.9 Å². The van der Waals surface area contributed by atoms with Gasteiger partial charge in [0.25, 0.3) is 0 Å². The predicted octanol–water partition coefficient (Wildman–Crippen LogP) is 3.76. The lowest BCUT2D eigenvalue weighted by Gasteiger charge is -2.03. The van der Waals surface area contributed by atoms with Crippen LogP contribution in [0.3, 0.4) is 0 Å². The van der Waals surface area contributed by atoms with Gasteiger partial charge < -0.3 is 5.32 Å². The molecule has 0 radical (unpaired) electrons. The highest BCUT2D eigenvalue weighted by molar-refractivity contribution is 5.89. The molecule has 134 valence electrons. The second-order valence-corrected chi connectivity index (χ2v) is 7.02. The molecule has 0 atom stereocenters. The van der Waals surface area contributed by atoms with Gasteiger partial charge >= 0.3 is 0 Å². The van der Waals surface area contributed by atoms with Crippen LogP contribution in [0.5, 0.6) is 0 Å². The summed E-state index contributed by atoms with van der Waals surface area (Å²) in [7, 11) is 0. The highest BCUT2D eigenvalue weighted by atomic mass is 15.4. The number of benzene rings is 1. The fraction of sp³-hybridized carbons (Fsp3) is 0.238. The molecule has 27 heavy (non-hydrogen) atoms. The third-order valence-corrected chi connectivity index (χ3v) is 4.88. The first-order chi connectivity index (χ1) is 13.4. The van der Waals surface area contributed by atoms with Crippen LogP contribution in [0.2, 0.25) is 0 Å². The predicted molar refractivity (Wildman–Crippen MR) is 105 cm³/mol. The van der Waals surface area contributed by atoms with E-state index in [4.69, 9.17) is 5.10 Å². The average Bonchev–Trinajstić information content (AvgIpc) is 3.50. The van der Waals surface area contributed by atoms with Crippen LogP contribution in [-0.4, -0.2) is 31.5 Å². The summed E-state index contributed by atoms with van der Waals surface area (Å²) in [5.41, 5.74) is 3.75. The summed E-state index contributed by atoms with van der Waals surface area (Å²) in [5.74, 6) is 1.65. The summed E-state index contributed by atoms with van der Waals surface area (Å²) < 4.78 is 1.93. The van der Waals surface area contributed by atoms with Crippen LogP contribution < -0.4 is 5.32 Å². The molecule has 6 nitrogen and oxygen atoms in total. The molecule has 0 unspecified atom stereocenters. The molecule has 0 saturated heterocycles. The van der Waals surface area contributed by atoms with E-state index in [0.717, 1.165) is 40.6 Å². The van der Waals surface area contributed by atoms with Crippen molar-refractivity contribution in [2.45, 2.75) is 19.4 Å². The van der Waals surface area contributed by atoms with Gasteiger partial charge in [-0.3, -0.25) is 4.98 Å². The van der Waals surface area contributed by atoms with Crippen LogP contribution in [0.4, 0.5) is 5.82 Å². The first-order valence-corrected chi connectivity index (χ1v) is 9.29. The zero-order chi connectivity index (χ0) is 18.1. The molecule has 4 aromatic rings. The van der Waals surface area contributed by atoms with Crippen molar-refractivity contribution in [1.82, 2.24) is 25.0 Å². The quantitative estimate of drug-likeness (QED) is 0.570. The van der Waals surface area contributed by atoms with Crippen molar-refractivity contribution in [3.05, 3.63) is 66.5 Å². The van der Waals surface area contributed by atoms with E-state index < -0.39 is 0 Å². The molecule has 5 rings (SSSR count). The molecule has 3 heterocycles. The van der Waals surface area contributed by atoms with Gasteiger partial charge in [0.15, 0.2) is 11.5 Å². The normalized spacial score (nSPS) is 13.8. The molecule has 0 amide bonds. The van der Waals surface area contributed by atoms with Crippen molar-refractivity contribution in [2.24, 2.45) is 5.92 Å². The number of rotatable bonds is 6. The molecule has 0 spiro atoms. The molecule has 1 N–H and O–H groups in total. The molecule has 6 heteroatoms. The van der Waals surface area contributed by atoms with Gasteiger partial charge in [0.05, 0.1) is 17.6 Å². The van der Waals surface area contributed by atoms with Gasteiger partial charge in [-0.25, -0.2) is 4.68 Å². The topological polar surface area (TPSA) is 68.5 Å². The third-order valence-electron chi connectivity index (χ3n) is 4.88. The largest absolute Gasteiger partial charge is 0.368 e. The number of hydrogen-bond acceptors (Lipinski definition) is 5. The lowest BCUT2D eigenvalue weighted by atomic mass is 10.2. The molecular formula is C21H20N6. The Bertz CT molecular complexity index is 1050. The lowest BCUT2D eigenvalue weighted by Crippen LogP contribution is -2.06. The molecule has 1 aliphatic carbocycles. The Morgan fingerprint density at radius 2 is 1.93 bits per heavy atom. The SMILES string of the molecule is c1ccc(Cn2nc(NCC3CC3)c3cc(-c4cccnc4)nnc32)cc1. The minimum Gasteiger partial charge on any atom is -0.368 e. The maximum Gasteiger partial charge on any atom is 0.182 e. The fourth-order valence-electron chi connectivity index (χ4n) is 3.19. The van der Waals surface area contributed by atoms with Crippen LogP contribution >= 0.6 is 0 Å². The van der Waals surface area contributed by atoms with E-state index in [1.165, 1.54) is 18.4 Å². The van der Waals surface area contributed by atoms with E-state index in [0.29, 0.717) is 6.54 Å². The van der Waals surface area contributed by atoms with E-state index in [1.807, 2.05) is 41.2 Å². The van der Waals surface area contributed by atoms with Gasteiger partial charge in [0.1, 0.15) is 0 Å². The Balaban J connectivity index is 1.56. The lowest BCUT2D eigenvalue weighted by molar-refractivity contribution is 0.699. The van der Waals surface area contributed by atoms with Gasteiger partial charge in [0.2, 0.25) is 0 Å². The van der Waals surface area contributed by atoms with E-state index >= 15 is 0 Å². The first kappa shape index (κ1) is 15.9.